The standard InChI is InChI=1S/C16H28N2OS/c1-6-12-8-11(5)9-13(12)17-15-18-14(19)16(7-2,20-15)10(3)4/h10-13H,6-9H2,1-5H3,(H,17,18,19)/t11-,12+,13+,16?/m1/s1. The number of carbonyl (C=O) groups is 1. The third kappa shape index (κ3) is 2.76. The molecule has 1 amide bonds. The van der Waals surface area contributed by atoms with Crippen molar-refractivity contribution in [2.45, 2.75) is 71.1 Å². The summed E-state index contributed by atoms with van der Waals surface area (Å²) in [6.45, 7) is 10.9. The second-order valence-electron chi connectivity index (χ2n) is 6.70. The van der Waals surface area contributed by atoms with Crippen LogP contribution in [0.3, 0.4) is 0 Å². The van der Waals surface area contributed by atoms with Crippen LogP contribution in [0.25, 0.3) is 0 Å². The minimum absolute atomic E-state index is 0.151. The summed E-state index contributed by atoms with van der Waals surface area (Å²) < 4.78 is -0.315. The summed E-state index contributed by atoms with van der Waals surface area (Å²) in [6, 6.07) is 0.401. The first-order valence-electron chi connectivity index (χ1n) is 8.01. The second-order valence-corrected chi connectivity index (χ2v) is 8.02. The Balaban J connectivity index is 2.15. The Kier molecular flexibility index (Phi) is 4.83. The third-order valence-corrected chi connectivity index (χ3v) is 6.75. The van der Waals surface area contributed by atoms with Gasteiger partial charge in [0, 0.05) is 0 Å². The predicted molar refractivity (Wildman–Crippen MR) is 87.0 cm³/mol. The van der Waals surface area contributed by atoms with Gasteiger partial charge < -0.3 is 5.32 Å². The molecular formula is C16H28N2OS. The van der Waals surface area contributed by atoms with E-state index < -0.39 is 0 Å². The average molecular weight is 296 g/mol. The molecule has 1 aliphatic heterocycles. The van der Waals surface area contributed by atoms with Crippen LogP contribution >= 0.6 is 11.8 Å². The molecule has 0 spiro atoms. The van der Waals surface area contributed by atoms with E-state index in [4.69, 9.17) is 4.99 Å². The van der Waals surface area contributed by atoms with Crippen LogP contribution in [0.1, 0.15) is 60.3 Å². The van der Waals surface area contributed by atoms with Crippen molar-refractivity contribution < 1.29 is 4.79 Å². The van der Waals surface area contributed by atoms with Crippen LogP contribution in [0.2, 0.25) is 0 Å². The maximum atomic E-state index is 12.4. The summed E-state index contributed by atoms with van der Waals surface area (Å²) in [5, 5.41) is 3.90. The molecule has 1 N–H and O–H groups in total. The van der Waals surface area contributed by atoms with Crippen molar-refractivity contribution in [2.24, 2.45) is 22.7 Å². The van der Waals surface area contributed by atoms with E-state index in [9.17, 15) is 4.79 Å². The number of amides is 1. The molecule has 0 bridgehead atoms. The summed E-state index contributed by atoms with van der Waals surface area (Å²) in [5.41, 5.74) is 0. The van der Waals surface area contributed by atoms with Gasteiger partial charge in [0.05, 0.1) is 6.04 Å². The lowest BCUT2D eigenvalue weighted by Gasteiger charge is -2.26. The van der Waals surface area contributed by atoms with Gasteiger partial charge in [0.2, 0.25) is 5.91 Å². The van der Waals surface area contributed by atoms with Gasteiger partial charge in [-0.05, 0) is 37.0 Å². The summed E-state index contributed by atoms with van der Waals surface area (Å²) in [4.78, 5) is 17.3. The molecule has 2 rings (SSSR count). The fourth-order valence-corrected chi connectivity index (χ4v) is 4.85. The highest BCUT2D eigenvalue weighted by Crippen LogP contribution is 2.42. The van der Waals surface area contributed by atoms with E-state index in [0.717, 1.165) is 17.5 Å². The van der Waals surface area contributed by atoms with Crippen molar-refractivity contribution in [1.29, 1.82) is 0 Å². The zero-order chi connectivity index (χ0) is 14.9. The Hall–Kier alpha value is -0.510. The van der Waals surface area contributed by atoms with Gasteiger partial charge >= 0.3 is 0 Å². The topological polar surface area (TPSA) is 41.5 Å². The fraction of sp³-hybridized carbons (Fsp3) is 0.875. The number of thioether (sulfide) groups is 1. The lowest BCUT2D eigenvalue weighted by atomic mass is 9.91. The number of carbonyl (C=O) groups excluding carboxylic acids is 1. The van der Waals surface area contributed by atoms with Crippen molar-refractivity contribution in [2.75, 3.05) is 0 Å². The van der Waals surface area contributed by atoms with E-state index in [0.29, 0.717) is 17.9 Å². The Morgan fingerprint density at radius 2 is 2.10 bits per heavy atom. The molecule has 2 aliphatic rings. The van der Waals surface area contributed by atoms with Crippen LogP contribution in [-0.4, -0.2) is 21.9 Å². The highest BCUT2D eigenvalue weighted by atomic mass is 32.2. The maximum Gasteiger partial charge on any atom is 0.242 e. The van der Waals surface area contributed by atoms with E-state index in [1.165, 1.54) is 19.3 Å². The number of nitrogens with one attached hydrogen (secondary N) is 1. The normalized spacial score (nSPS) is 39.8. The quantitative estimate of drug-likeness (QED) is 0.856. The molecule has 1 heterocycles. The van der Waals surface area contributed by atoms with Crippen molar-refractivity contribution in [3.63, 3.8) is 0 Å². The molecule has 4 heteroatoms. The Morgan fingerprint density at radius 3 is 2.60 bits per heavy atom. The number of rotatable bonds is 4. The molecule has 1 unspecified atom stereocenters. The molecule has 1 saturated carbocycles. The zero-order valence-electron chi connectivity index (χ0n) is 13.4. The summed E-state index contributed by atoms with van der Waals surface area (Å²) in [5.74, 6) is 1.93. The van der Waals surface area contributed by atoms with Gasteiger partial charge in [0.15, 0.2) is 5.17 Å². The van der Waals surface area contributed by atoms with Gasteiger partial charge in [-0.15, -0.1) is 0 Å². The van der Waals surface area contributed by atoms with Crippen molar-refractivity contribution in [3.8, 4) is 0 Å². The van der Waals surface area contributed by atoms with Gasteiger partial charge in [-0.2, -0.15) is 0 Å². The first-order valence-corrected chi connectivity index (χ1v) is 8.82. The van der Waals surface area contributed by atoms with E-state index in [1.54, 1.807) is 11.8 Å². The molecule has 114 valence electrons. The molecule has 1 aliphatic carbocycles. The predicted octanol–water partition coefficient (Wildman–Crippen LogP) is 3.83. The molecule has 0 aromatic carbocycles. The number of aliphatic imine (C=N–C) groups is 1. The smallest absolute Gasteiger partial charge is 0.242 e. The number of hydrogen-bond donors (Lipinski definition) is 1. The minimum atomic E-state index is -0.315. The zero-order valence-corrected chi connectivity index (χ0v) is 14.2. The summed E-state index contributed by atoms with van der Waals surface area (Å²) in [7, 11) is 0. The highest BCUT2D eigenvalue weighted by Gasteiger charge is 2.48. The first-order chi connectivity index (χ1) is 9.42. The van der Waals surface area contributed by atoms with Crippen LogP contribution in [0.5, 0.6) is 0 Å². The highest BCUT2D eigenvalue weighted by molar-refractivity contribution is 8.16. The largest absolute Gasteiger partial charge is 0.304 e. The van der Waals surface area contributed by atoms with Gasteiger partial charge in [-0.1, -0.05) is 52.8 Å². The lowest BCUT2D eigenvalue weighted by molar-refractivity contribution is -0.122. The lowest BCUT2D eigenvalue weighted by Crippen LogP contribution is -2.40. The summed E-state index contributed by atoms with van der Waals surface area (Å²) >= 11 is 1.66. The Bertz CT molecular complexity index is 407. The van der Waals surface area contributed by atoms with Gasteiger partial charge in [-0.25, -0.2) is 0 Å². The Labute approximate surface area is 127 Å². The molecule has 3 nitrogen and oxygen atoms in total. The van der Waals surface area contributed by atoms with E-state index in [1.807, 2.05) is 0 Å². The van der Waals surface area contributed by atoms with Crippen LogP contribution in [0.4, 0.5) is 0 Å². The molecule has 1 saturated heterocycles. The molecule has 20 heavy (non-hydrogen) atoms. The summed E-state index contributed by atoms with van der Waals surface area (Å²) in [6.07, 6.45) is 4.49. The van der Waals surface area contributed by atoms with Crippen molar-refractivity contribution >= 4 is 22.8 Å². The van der Waals surface area contributed by atoms with Crippen LogP contribution in [0.15, 0.2) is 4.99 Å². The van der Waals surface area contributed by atoms with Gasteiger partial charge in [0.25, 0.3) is 0 Å². The molecular weight excluding hydrogens is 268 g/mol. The van der Waals surface area contributed by atoms with Crippen molar-refractivity contribution in [1.82, 2.24) is 5.32 Å². The first kappa shape index (κ1) is 15.9. The van der Waals surface area contributed by atoms with E-state index in [2.05, 4.69) is 39.9 Å². The molecule has 0 aromatic rings. The number of amidine groups is 1. The number of nitrogens with zero attached hydrogens (tertiary/aromatic N) is 1. The molecule has 0 aromatic heterocycles. The van der Waals surface area contributed by atoms with E-state index in [-0.39, 0.29) is 10.7 Å². The van der Waals surface area contributed by atoms with Gasteiger partial charge in [0.1, 0.15) is 4.75 Å². The number of hydrogen-bond acceptors (Lipinski definition) is 3. The van der Waals surface area contributed by atoms with Crippen LogP contribution < -0.4 is 5.32 Å². The third-order valence-electron chi connectivity index (χ3n) is 5.04. The second kappa shape index (κ2) is 6.08. The van der Waals surface area contributed by atoms with Gasteiger partial charge in [-0.3, -0.25) is 9.79 Å². The SMILES string of the molecule is CC[C@H]1C[C@@H](C)C[C@@H]1N=C1NC(=O)C(CC)(C(C)C)S1. The van der Waals surface area contributed by atoms with Crippen molar-refractivity contribution in [3.05, 3.63) is 0 Å². The van der Waals surface area contributed by atoms with Crippen LogP contribution in [-0.2, 0) is 4.79 Å². The van der Waals surface area contributed by atoms with Crippen LogP contribution in [0, 0.1) is 17.8 Å². The maximum absolute atomic E-state index is 12.4. The molecule has 4 atom stereocenters. The Morgan fingerprint density at radius 1 is 1.40 bits per heavy atom. The molecule has 0 radical (unpaired) electrons. The monoisotopic (exact) mass is 296 g/mol. The minimum Gasteiger partial charge on any atom is -0.304 e. The average Bonchev–Trinajstić information content (AvgIpc) is 2.90. The molecule has 2 fully saturated rings. The fourth-order valence-electron chi connectivity index (χ4n) is 3.65. The van der Waals surface area contributed by atoms with E-state index >= 15 is 0 Å².